The second kappa shape index (κ2) is 6.33. The summed E-state index contributed by atoms with van der Waals surface area (Å²) in [6, 6.07) is 9.68. The topological polar surface area (TPSA) is 81.3 Å². The third-order valence-corrected chi connectivity index (χ3v) is 4.47. The molecule has 0 aliphatic carbocycles. The van der Waals surface area contributed by atoms with E-state index in [9.17, 15) is 9.59 Å². The van der Waals surface area contributed by atoms with Crippen LogP contribution >= 0.6 is 11.3 Å². The fourth-order valence-corrected chi connectivity index (χ4v) is 3.11. The molecule has 3 aromatic heterocycles. The predicted octanol–water partition coefficient (Wildman–Crippen LogP) is 1.87. The summed E-state index contributed by atoms with van der Waals surface area (Å²) in [6.45, 7) is 0.275. The average Bonchev–Trinajstić information content (AvgIpc) is 3.30. The monoisotopic (exact) mass is 351 g/mol. The van der Waals surface area contributed by atoms with Gasteiger partial charge in [-0.2, -0.15) is 5.10 Å². The maximum absolute atomic E-state index is 12.3. The van der Waals surface area contributed by atoms with Gasteiger partial charge in [0, 0.05) is 36.1 Å². The van der Waals surface area contributed by atoms with E-state index in [4.69, 9.17) is 0 Å². The fourth-order valence-electron chi connectivity index (χ4n) is 2.43. The van der Waals surface area contributed by atoms with Gasteiger partial charge in [-0.05, 0) is 12.1 Å². The summed E-state index contributed by atoms with van der Waals surface area (Å²) in [6.07, 6.45) is 6.44. The number of rotatable bonds is 4. The molecule has 0 atom stereocenters. The van der Waals surface area contributed by atoms with Crippen LogP contribution in [0.4, 0.5) is 0 Å². The Balaban J connectivity index is 1.49. The van der Waals surface area contributed by atoms with Gasteiger partial charge in [-0.25, -0.2) is 9.67 Å². The minimum atomic E-state index is -0.453. The molecule has 0 saturated carbocycles. The van der Waals surface area contributed by atoms with Crippen LogP contribution in [0.25, 0.3) is 10.6 Å². The van der Waals surface area contributed by atoms with Gasteiger partial charge in [0.15, 0.2) is 4.96 Å². The highest BCUT2D eigenvalue weighted by atomic mass is 32.1. The molecule has 8 heteroatoms. The Bertz CT molecular complexity index is 1100. The molecule has 0 saturated heterocycles. The molecule has 3 heterocycles. The van der Waals surface area contributed by atoms with E-state index in [0.29, 0.717) is 4.96 Å². The first-order valence-electron chi connectivity index (χ1n) is 7.54. The van der Waals surface area contributed by atoms with Gasteiger partial charge in [0.1, 0.15) is 5.56 Å². The molecule has 0 aliphatic heterocycles. The highest BCUT2D eigenvalue weighted by Crippen LogP contribution is 2.08. The Morgan fingerprint density at radius 1 is 1.20 bits per heavy atom. The van der Waals surface area contributed by atoms with Crippen molar-refractivity contribution in [3.8, 4) is 5.69 Å². The van der Waals surface area contributed by atoms with Crippen LogP contribution in [0, 0.1) is 0 Å². The standard InChI is InChI=1S/C17H13N5O2S/c23-15(14-10-19-17-21(16(14)24)6-7-25-17)18-8-12-9-20-22(11-12)13-4-2-1-3-5-13/h1-7,9-11H,8H2,(H,18,23). The first-order chi connectivity index (χ1) is 12.2. The van der Waals surface area contributed by atoms with E-state index in [1.54, 1.807) is 22.5 Å². The smallest absolute Gasteiger partial charge is 0.271 e. The summed E-state index contributed by atoms with van der Waals surface area (Å²) in [5, 5.41) is 8.77. The maximum atomic E-state index is 12.3. The van der Waals surface area contributed by atoms with Gasteiger partial charge in [-0.3, -0.25) is 14.0 Å². The Morgan fingerprint density at radius 3 is 2.88 bits per heavy atom. The summed E-state index contributed by atoms with van der Waals surface area (Å²) in [4.78, 5) is 29.3. The van der Waals surface area contributed by atoms with E-state index in [1.165, 1.54) is 21.9 Å². The van der Waals surface area contributed by atoms with Crippen molar-refractivity contribution in [3.05, 3.63) is 82.0 Å². The van der Waals surface area contributed by atoms with E-state index >= 15 is 0 Å². The SMILES string of the molecule is O=C(NCc1cnn(-c2ccccc2)c1)c1cnc2sccn2c1=O. The van der Waals surface area contributed by atoms with Gasteiger partial charge in [-0.1, -0.05) is 18.2 Å². The Morgan fingerprint density at radius 2 is 2.04 bits per heavy atom. The lowest BCUT2D eigenvalue weighted by Crippen LogP contribution is -2.30. The van der Waals surface area contributed by atoms with Crippen LogP contribution < -0.4 is 10.9 Å². The number of benzene rings is 1. The molecule has 0 fully saturated rings. The Hall–Kier alpha value is -3.26. The number of para-hydroxylation sites is 1. The van der Waals surface area contributed by atoms with Crippen molar-refractivity contribution < 1.29 is 4.79 Å². The predicted molar refractivity (Wildman–Crippen MR) is 94.1 cm³/mol. The first-order valence-corrected chi connectivity index (χ1v) is 8.42. The average molecular weight is 351 g/mol. The molecule has 0 spiro atoms. The fraction of sp³-hybridized carbons (Fsp3) is 0.0588. The van der Waals surface area contributed by atoms with Crippen molar-refractivity contribution in [2.45, 2.75) is 6.54 Å². The number of carbonyl (C=O) groups is 1. The maximum Gasteiger partial charge on any atom is 0.271 e. The van der Waals surface area contributed by atoms with Crippen molar-refractivity contribution in [3.63, 3.8) is 0 Å². The van der Waals surface area contributed by atoms with E-state index in [0.717, 1.165) is 11.3 Å². The number of nitrogens with one attached hydrogen (secondary N) is 1. The van der Waals surface area contributed by atoms with Gasteiger partial charge in [0.05, 0.1) is 11.9 Å². The van der Waals surface area contributed by atoms with Crippen molar-refractivity contribution in [1.29, 1.82) is 0 Å². The van der Waals surface area contributed by atoms with Crippen LogP contribution in [0.3, 0.4) is 0 Å². The molecule has 1 amide bonds. The zero-order valence-corrected chi connectivity index (χ0v) is 13.8. The third-order valence-electron chi connectivity index (χ3n) is 3.70. The molecule has 0 radical (unpaired) electrons. The molecule has 25 heavy (non-hydrogen) atoms. The van der Waals surface area contributed by atoms with Crippen molar-refractivity contribution in [2.75, 3.05) is 0 Å². The Labute approximate surface area is 146 Å². The van der Waals surface area contributed by atoms with Crippen molar-refractivity contribution in [2.24, 2.45) is 0 Å². The van der Waals surface area contributed by atoms with Crippen LogP contribution in [0.2, 0.25) is 0 Å². The molecule has 4 rings (SSSR count). The summed E-state index contributed by atoms with van der Waals surface area (Å²) in [5.74, 6) is -0.453. The quantitative estimate of drug-likeness (QED) is 0.609. The molecular formula is C17H13N5O2S. The van der Waals surface area contributed by atoms with E-state index in [2.05, 4.69) is 15.4 Å². The number of amides is 1. The molecule has 4 aromatic rings. The first kappa shape index (κ1) is 15.3. The summed E-state index contributed by atoms with van der Waals surface area (Å²) < 4.78 is 3.10. The summed E-state index contributed by atoms with van der Waals surface area (Å²) in [5.41, 5.74) is 1.42. The zero-order valence-electron chi connectivity index (χ0n) is 13.0. The van der Waals surface area contributed by atoms with Gasteiger partial charge in [0.25, 0.3) is 11.5 Å². The third kappa shape index (κ3) is 2.94. The lowest BCUT2D eigenvalue weighted by Gasteiger charge is -2.03. The van der Waals surface area contributed by atoms with Gasteiger partial charge in [-0.15, -0.1) is 11.3 Å². The molecule has 0 aliphatic rings. The number of fused-ring (bicyclic) bond motifs is 1. The van der Waals surface area contributed by atoms with Crippen LogP contribution in [0.1, 0.15) is 15.9 Å². The number of hydrogen-bond acceptors (Lipinski definition) is 5. The molecular weight excluding hydrogens is 338 g/mol. The largest absolute Gasteiger partial charge is 0.348 e. The second-order valence-electron chi connectivity index (χ2n) is 5.34. The Kier molecular flexibility index (Phi) is 3.87. The van der Waals surface area contributed by atoms with Crippen LogP contribution in [-0.2, 0) is 6.54 Å². The van der Waals surface area contributed by atoms with Crippen LogP contribution in [0.15, 0.2) is 65.3 Å². The van der Waals surface area contributed by atoms with Gasteiger partial charge < -0.3 is 5.32 Å². The number of aromatic nitrogens is 4. The number of carbonyl (C=O) groups excluding carboxylic acids is 1. The van der Waals surface area contributed by atoms with E-state index in [-0.39, 0.29) is 17.7 Å². The van der Waals surface area contributed by atoms with Crippen molar-refractivity contribution >= 4 is 22.2 Å². The lowest BCUT2D eigenvalue weighted by atomic mass is 10.3. The normalized spacial score (nSPS) is 10.9. The van der Waals surface area contributed by atoms with Gasteiger partial charge >= 0.3 is 0 Å². The number of thiazole rings is 1. The van der Waals surface area contributed by atoms with Crippen LogP contribution in [0.5, 0.6) is 0 Å². The molecule has 1 N–H and O–H groups in total. The molecule has 1 aromatic carbocycles. The molecule has 7 nitrogen and oxygen atoms in total. The highest BCUT2D eigenvalue weighted by molar-refractivity contribution is 7.15. The van der Waals surface area contributed by atoms with E-state index in [1.807, 2.05) is 36.5 Å². The molecule has 0 bridgehead atoms. The lowest BCUT2D eigenvalue weighted by molar-refractivity contribution is 0.0949. The van der Waals surface area contributed by atoms with Crippen LogP contribution in [-0.4, -0.2) is 25.1 Å². The summed E-state index contributed by atoms with van der Waals surface area (Å²) in [7, 11) is 0. The van der Waals surface area contributed by atoms with Crippen molar-refractivity contribution in [1.82, 2.24) is 24.5 Å². The minimum absolute atomic E-state index is 0.0198. The second-order valence-corrected chi connectivity index (χ2v) is 6.22. The zero-order chi connectivity index (χ0) is 17.2. The molecule has 124 valence electrons. The van der Waals surface area contributed by atoms with E-state index < -0.39 is 5.91 Å². The van der Waals surface area contributed by atoms with Gasteiger partial charge in [0.2, 0.25) is 0 Å². The molecule has 0 unspecified atom stereocenters. The minimum Gasteiger partial charge on any atom is -0.348 e. The highest BCUT2D eigenvalue weighted by Gasteiger charge is 2.13. The number of hydrogen-bond donors (Lipinski definition) is 1. The number of nitrogens with zero attached hydrogens (tertiary/aromatic N) is 4. The summed E-state index contributed by atoms with van der Waals surface area (Å²) >= 11 is 1.34.